The highest BCUT2D eigenvalue weighted by atomic mass is 19.4. The second-order valence-corrected chi connectivity index (χ2v) is 4.78. The number of para-hydroxylation sites is 2. The first kappa shape index (κ1) is 15.6. The fourth-order valence-corrected chi connectivity index (χ4v) is 2.05. The molecule has 0 radical (unpaired) electrons. The van der Waals surface area contributed by atoms with Gasteiger partial charge in [-0.05, 0) is 25.0 Å². The van der Waals surface area contributed by atoms with Crippen LogP contribution in [-0.4, -0.2) is 31.9 Å². The highest BCUT2D eigenvalue weighted by Crippen LogP contribution is 2.27. The lowest BCUT2D eigenvalue weighted by Crippen LogP contribution is -2.29. The monoisotopic (exact) mass is 303 g/mol. The quantitative estimate of drug-likeness (QED) is 0.930. The topological polar surface area (TPSA) is 47.6 Å². The number of halogens is 3. The Hall–Kier alpha value is -1.76. The summed E-state index contributed by atoms with van der Waals surface area (Å²) in [6, 6.07) is 6.09. The van der Waals surface area contributed by atoms with Crippen molar-refractivity contribution >= 4 is 11.6 Å². The van der Waals surface area contributed by atoms with E-state index in [4.69, 9.17) is 9.47 Å². The summed E-state index contributed by atoms with van der Waals surface area (Å²) in [5.74, 6) is -0.397. The zero-order chi connectivity index (χ0) is 15.3. The van der Waals surface area contributed by atoms with E-state index in [0.29, 0.717) is 26.1 Å². The number of hydrogen-bond donors (Lipinski definition) is 1. The van der Waals surface area contributed by atoms with Crippen molar-refractivity contribution in [3.05, 3.63) is 24.3 Å². The van der Waals surface area contributed by atoms with Crippen molar-refractivity contribution in [2.45, 2.75) is 19.0 Å². The molecule has 1 aromatic carbocycles. The highest BCUT2D eigenvalue weighted by molar-refractivity contribution is 5.94. The third kappa shape index (κ3) is 4.93. The lowest BCUT2D eigenvalue weighted by Gasteiger charge is -2.22. The lowest BCUT2D eigenvalue weighted by atomic mass is 9.99. The molecule has 1 amide bonds. The third-order valence-electron chi connectivity index (χ3n) is 3.13. The number of hydrogen-bond acceptors (Lipinski definition) is 3. The van der Waals surface area contributed by atoms with Gasteiger partial charge in [-0.25, -0.2) is 0 Å². The molecule has 0 aromatic heterocycles. The predicted octanol–water partition coefficient (Wildman–Crippen LogP) is 2.99. The molecule has 1 heterocycles. The standard InChI is InChI=1S/C14H16F3NO3/c15-14(16,17)9-21-12-4-2-1-3-11(12)18-13(19)10-5-7-20-8-6-10/h1-4,10H,5-9H2,(H,18,19). The summed E-state index contributed by atoms with van der Waals surface area (Å²) in [6.07, 6.45) is -3.20. The van der Waals surface area contributed by atoms with Crippen LogP contribution in [0.2, 0.25) is 0 Å². The molecule has 0 spiro atoms. The SMILES string of the molecule is O=C(Nc1ccccc1OCC(F)(F)F)C1CCOCC1. The molecule has 0 saturated carbocycles. The van der Waals surface area contributed by atoms with Gasteiger partial charge in [0.05, 0.1) is 5.69 Å². The van der Waals surface area contributed by atoms with Crippen LogP contribution in [0.4, 0.5) is 18.9 Å². The molecule has 116 valence electrons. The van der Waals surface area contributed by atoms with Crippen LogP contribution in [0.5, 0.6) is 5.75 Å². The Bertz CT molecular complexity index is 485. The summed E-state index contributed by atoms with van der Waals surface area (Å²) in [5.41, 5.74) is 0.248. The molecule has 0 unspecified atom stereocenters. The Morgan fingerprint density at radius 3 is 2.62 bits per heavy atom. The van der Waals surface area contributed by atoms with Gasteiger partial charge in [0.2, 0.25) is 5.91 Å². The van der Waals surface area contributed by atoms with Crippen molar-refractivity contribution in [3.63, 3.8) is 0 Å². The summed E-state index contributed by atoms with van der Waals surface area (Å²) in [4.78, 5) is 12.1. The Kier molecular flexibility index (Phi) is 5.06. The molecule has 1 fully saturated rings. The zero-order valence-electron chi connectivity index (χ0n) is 11.3. The van der Waals surface area contributed by atoms with E-state index in [0.717, 1.165) is 0 Å². The molecular formula is C14H16F3NO3. The van der Waals surface area contributed by atoms with E-state index in [1.54, 1.807) is 12.1 Å². The largest absolute Gasteiger partial charge is 0.482 e. The second-order valence-electron chi connectivity index (χ2n) is 4.78. The lowest BCUT2D eigenvalue weighted by molar-refractivity contribution is -0.153. The van der Waals surface area contributed by atoms with E-state index in [-0.39, 0.29) is 23.3 Å². The molecule has 7 heteroatoms. The summed E-state index contributed by atoms with van der Waals surface area (Å²) >= 11 is 0. The maximum absolute atomic E-state index is 12.2. The van der Waals surface area contributed by atoms with E-state index < -0.39 is 12.8 Å². The number of benzene rings is 1. The van der Waals surface area contributed by atoms with Gasteiger partial charge in [0.25, 0.3) is 0 Å². The molecule has 2 rings (SSSR count). The molecule has 0 atom stereocenters. The van der Waals surface area contributed by atoms with Crippen molar-refractivity contribution in [2.75, 3.05) is 25.1 Å². The van der Waals surface area contributed by atoms with Crippen LogP contribution in [0.15, 0.2) is 24.3 Å². The van der Waals surface area contributed by atoms with Crippen LogP contribution in [0.25, 0.3) is 0 Å². The number of carbonyl (C=O) groups is 1. The normalized spacial score (nSPS) is 16.5. The fourth-order valence-electron chi connectivity index (χ4n) is 2.05. The minimum atomic E-state index is -4.42. The summed E-state index contributed by atoms with van der Waals surface area (Å²) in [5, 5.41) is 2.63. The molecule has 21 heavy (non-hydrogen) atoms. The van der Waals surface area contributed by atoms with Crippen LogP contribution in [0.3, 0.4) is 0 Å². The van der Waals surface area contributed by atoms with Crippen molar-refractivity contribution in [1.29, 1.82) is 0 Å². The first-order chi connectivity index (χ1) is 9.96. The van der Waals surface area contributed by atoms with Gasteiger partial charge in [0.1, 0.15) is 5.75 Å². The molecule has 1 aliphatic heterocycles. The highest BCUT2D eigenvalue weighted by Gasteiger charge is 2.29. The predicted molar refractivity (Wildman–Crippen MR) is 70.2 cm³/mol. The second kappa shape index (κ2) is 6.80. The van der Waals surface area contributed by atoms with E-state index in [9.17, 15) is 18.0 Å². The van der Waals surface area contributed by atoms with Crippen LogP contribution in [0.1, 0.15) is 12.8 Å². The Morgan fingerprint density at radius 1 is 1.29 bits per heavy atom. The van der Waals surface area contributed by atoms with Gasteiger partial charge >= 0.3 is 6.18 Å². The van der Waals surface area contributed by atoms with Gasteiger partial charge in [0.15, 0.2) is 6.61 Å². The Labute approximate surface area is 120 Å². The van der Waals surface area contributed by atoms with Gasteiger partial charge < -0.3 is 14.8 Å². The van der Waals surface area contributed by atoms with Gasteiger partial charge in [-0.15, -0.1) is 0 Å². The number of nitrogens with one attached hydrogen (secondary N) is 1. The van der Waals surface area contributed by atoms with Gasteiger partial charge in [0, 0.05) is 19.1 Å². The number of amides is 1. The van der Waals surface area contributed by atoms with Crippen LogP contribution in [0, 0.1) is 5.92 Å². The molecule has 1 saturated heterocycles. The van der Waals surface area contributed by atoms with Crippen LogP contribution < -0.4 is 10.1 Å². The smallest absolute Gasteiger partial charge is 0.422 e. The Balaban J connectivity index is 2.00. The molecule has 1 aromatic rings. The van der Waals surface area contributed by atoms with Crippen molar-refractivity contribution in [1.82, 2.24) is 0 Å². The number of rotatable bonds is 4. The molecular weight excluding hydrogens is 287 g/mol. The minimum absolute atomic E-state index is 0.00948. The third-order valence-corrected chi connectivity index (χ3v) is 3.13. The van der Waals surface area contributed by atoms with E-state index in [1.807, 2.05) is 0 Å². The van der Waals surface area contributed by atoms with E-state index in [2.05, 4.69) is 5.32 Å². The van der Waals surface area contributed by atoms with Gasteiger partial charge in [-0.2, -0.15) is 13.2 Å². The minimum Gasteiger partial charge on any atom is -0.482 e. The van der Waals surface area contributed by atoms with Crippen LogP contribution >= 0.6 is 0 Å². The Morgan fingerprint density at radius 2 is 1.95 bits per heavy atom. The maximum Gasteiger partial charge on any atom is 0.422 e. The van der Waals surface area contributed by atoms with Gasteiger partial charge in [-0.3, -0.25) is 4.79 Å². The van der Waals surface area contributed by atoms with Crippen molar-refractivity contribution in [2.24, 2.45) is 5.92 Å². The summed E-state index contributed by atoms with van der Waals surface area (Å²) in [7, 11) is 0. The molecule has 4 nitrogen and oxygen atoms in total. The summed E-state index contributed by atoms with van der Waals surface area (Å²) in [6.45, 7) is -0.355. The molecule has 0 bridgehead atoms. The zero-order valence-corrected chi connectivity index (χ0v) is 11.3. The maximum atomic E-state index is 12.2. The number of anilines is 1. The average molecular weight is 303 g/mol. The number of ether oxygens (including phenoxy) is 2. The number of alkyl halides is 3. The average Bonchev–Trinajstić information content (AvgIpc) is 2.46. The van der Waals surface area contributed by atoms with E-state index >= 15 is 0 Å². The number of carbonyl (C=O) groups excluding carboxylic acids is 1. The first-order valence-electron chi connectivity index (χ1n) is 6.63. The van der Waals surface area contributed by atoms with Crippen molar-refractivity contribution in [3.8, 4) is 5.75 Å². The molecule has 0 aliphatic carbocycles. The molecule has 1 N–H and O–H groups in total. The van der Waals surface area contributed by atoms with Crippen LogP contribution in [-0.2, 0) is 9.53 Å². The first-order valence-corrected chi connectivity index (χ1v) is 6.63. The van der Waals surface area contributed by atoms with Gasteiger partial charge in [-0.1, -0.05) is 12.1 Å². The van der Waals surface area contributed by atoms with E-state index in [1.165, 1.54) is 12.1 Å². The van der Waals surface area contributed by atoms with Crippen molar-refractivity contribution < 1.29 is 27.4 Å². The molecule has 1 aliphatic rings. The fraction of sp³-hybridized carbons (Fsp3) is 0.500. The summed E-state index contributed by atoms with van der Waals surface area (Å²) < 4.78 is 46.5.